The summed E-state index contributed by atoms with van der Waals surface area (Å²) in [6.07, 6.45) is 13.3. The summed E-state index contributed by atoms with van der Waals surface area (Å²) < 4.78 is 10.5. The molecule has 188 valence electrons. The standard InChI is InChI=1S/C29H42O5/c1-6-33-26(31)22(27(32)34-7-2)16-18(3)23-10-11-24-21-9-8-19-17-20(30)12-14-28(19,4)25(21)13-15-29(23,24)5/h8-9,17-18,21-25H,6-7,10-16H2,1-5H3. The number of carbonyl (C=O) groups excluding carboxylic acids is 3. The summed E-state index contributed by atoms with van der Waals surface area (Å²) in [6.45, 7) is 11.1. The second-order valence-electron chi connectivity index (χ2n) is 11.6. The van der Waals surface area contributed by atoms with Gasteiger partial charge in [0.15, 0.2) is 11.7 Å². The summed E-state index contributed by atoms with van der Waals surface area (Å²) in [5.41, 5.74) is 1.54. The first-order valence-electron chi connectivity index (χ1n) is 13.4. The van der Waals surface area contributed by atoms with Crippen LogP contribution in [0.25, 0.3) is 0 Å². The van der Waals surface area contributed by atoms with E-state index in [0.717, 1.165) is 12.8 Å². The van der Waals surface area contributed by atoms with E-state index in [-0.39, 0.29) is 35.7 Å². The molecule has 7 unspecified atom stereocenters. The van der Waals surface area contributed by atoms with Gasteiger partial charge in [-0.15, -0.1) is 0 Å². The molecule has 2 fully saturated rings. The molecule has 34 heavy (non-hydrogen) atoms. The maximum absolute atomic E-state index is 12.6. The van der Waals surface area contributed by atoms with Crippen LogP contribution in [0, 0.1) is 46.3 Å². The third-order valence-electron chi connectivity index (χ3n) is 10.0. The molecule has 4 aliphatic rings. The predicted molar refractivity (Wildman–Crippen MR) is 131 cm³/mol. The number of ketones is 1. The Morgan fingerprint density at radius 1 is 1.03 bits per heavy atom. The van der Waals surface area contributed by atoms with Crippen LogP contribution in [-0.2, 0) is 23.9 Å². The minimum Gasteiger partial charge on any atom is -0.465 e. The van der Waals surface area contributed by atoms with Crippen molar-refractivity contribution in [1.82, 2.24) is 0 Å². The van der Waals surface area contributed by atoms with Crippen molar-refractivity contribution in [3.63, 3.8) is 0 Å². The van der Waals surface area contributed by atoms with E-state index in [1.165, 1.54) is 24.8 Å². The van der Waals surface area contributed by atoms with Crippen LogP contribution in [0.2, 0.25) is 0 Å². The molecule has 4 aliphatic carbocycles. The first kappa shape index (κ1) is 25.2. The number of ether oxygens (including phenoxy) is 2. The lowest BCUT2D eigenvalue weighted by Crippen LogP contribution is -2.49. The van der Waals surface area contributed by atoms with Gasteiger partial charge >= 0.3 is 11.9 Å². The van der Waals surface area contributed by atoms with E-state index in [4.69, 9.17) is 9.47 Å². The van der Waals surface area contributed by atoms with E-state index in [9.17, 15) is 14.4 Å². The van der Waals surface area contributed by atoms with Crippen molar-refractivity contribution in [3.05, 3.63) is 23.8 Å². The maximum Gasteiger partial charge on any atom is 0.320 e. The molecule has 0 saturated heterocycles. The highest BCUT2D eigenvalue weighted by molar-refractivity contribution is 5.95. The molecule has 0 amide bonds. The molecule has 4 rings (SSSR count). The van der Waals surface area contributed by atoms with Crippen molar-refractivity contribution in [2.45, 2.75) is 79.6 Å². The number of fused-ring (bicyclic) bond motifs is 5. The Morgan fingerprint density at radius 3 is 2.35 bits per heavy atom. The molecule has 5 nitrogen and oxygen atoms in total. The molecule has 0 bridgehead atoms. The van der Waals surface area contributed by atoms with Crippen molar-refractivity contribution in [2.75, 3.05) is 13.2 Å². The summed E-state index contributed by atoms with van der Waals surface area (Å²) in [4.78, 5) is 37.2. The smallest absolute Gasteiger partial charge is 0.320 e. The van der Waals surface area contributed by atoms with Crippen LogP contribution in [0.5, 0.6) is 0 Å². The first-order valence-corrected chi connectivity index (χ1v) is 13.4. The fraction of sp³-hybridized carbons (Fsp3) is 0.759. The third kappa shape index (κ3) is 4.18. The van der Waals surface area contributed by atoms with Crippen LogP contribution >= 0.6 is 0 Å². The van der Waals surface area contributed by atoms with Crippen LogP contribution in [-0.4, -0.2) is 30.9 Å². The van der Waals surface area contributed by atoms with Crippen molar-refractivity contribution in [3.8, 4) is 0 Å². The maximum atomic E-state index is 12.6. The van der Waals surface area contributed by atoms with E-state index in [1.54, 1.807) is 13.8 Å². The van der Waals surface area contributed by atoms with Gasteiger partial charge in [-0.3, -0.25) is 14.4 Å². The van der Waals surface area contributed by atoms with Gasteiger partial charge in [-0.25, -0.2) is 0 Å². The molecule has 0 heterocycles. The van der Waals surface area contributed by atoms with E-state index in [0.29, 0.717) is 36.5 Å². The third-order valence-corrected chi connectivity index (χ3v) is 10.0. The molecule has 2 saturated carbocycles. The molecule has 0 aromatic heterocycles. The molecule has 0 N–H and O–H groups in total. The fourth-order valence-electron chi connectivity index (χ4n) is 8.28. The molecule has 0 aromatic carbocycles. The lowest BCUT2D eigenvalue weighted by atomic mass is 9.48. The Labute approximate surface area is 204 Å². The molecule has 5 heteroatoms. The number of esters is 2. The quantitative estimate of drug-likeness (QED) is 0.354. The fourth-order valence-corrected chi connectivity index (χ4v) is 8.28. The van der Waals surface area contributed by atoms with Crippen molar-refractivity contribution in [1.29, 1.82) is 0 Å². The molecule has 7 atom stereocenters. The van der Waals surface area contributed by atoms with Crippen LogP contribution in [0.15, 0.2) is 23.8 Å². The van der Waals surface area contributed by atoms with Gasteiger partial charge in [-0.2, -0.15) is 0 Å². The molecular formula is C29H42O5. The number of rotatable bonds is 7. The SMILES string of the molecule is CCOC(=O)C(CC(C)C1CCC2C3C=CC4=CC(=O)CCC4(C)C3CCC12C)C(=O)OCC. The number of hydrogen-bond donors (Lipinski definition) is 0. The largest absolute Gasteiger partial charge is 0.465 e. The highest BCUT2D eigenvalue weighted by atomic mass is 16.6. The Bertz CT molecular complexity index is 869. The van der Waals surface area contributed by atoms with Crippen LogP contribution in [0.3, 0.4) is 0 Å². The highest BCUT2D eigenvalue weighted by Gasteiger charge is 2.58. The Morgan fingerprint density at radius 2 is 1.71 bits per heavy atom. The number of hydrogen-bond acceptors (Lipinski definition) is 5. The van der Waals surface area contributed by atoms with Crippen LogP contribution in [0.1, 0.15) is 79.6 Å². The minimum absolute atomic E-state index is 0.108. The van der Waals surface area contributed by atoms with Crippen LogP contribution < -0.4 is 0 Å². The molecule has 0 aliphatic heterocycles. The summed E-state index contributed by atoms with van der Waals surface area (Å²) >= 11 is 0. The number of carbonyl (C=O) groups is 3. The topological polar surface area (TPSA) is 69.7 Å². The van der Waals surface area contributed by atoms with Gasteiger partial charge in [-0.05, 0) is 104 Å². The molecule has 0 spiro atoms. The summed E-state index contributed by atoms with van der Waals surface area (Å²) in [5, 5.41) is 0. The molecular weight excluding hydrogens is 428 g/mol. The van der Waals surface area contributed by atoms with Gasteiger partial charge in [0.1, 0.15) is 0 Å². The predicted octanol–water partition coefficient (Wildman–Crippen LogP) is 5.68. The molecule has 0 radical (unpaired) electrons. The van der Waals surface area contributed by atoms with Gasteiger partial charge in [-0.1, -0.05) is 32.9 Å². The van der Waals surface area contributed by atoms with Gasteiger partial charge < -0.3 is 9.47 Å². The first-order chi connectivity index (χ1) is 16.2. The van der Waals surface area contributed by atoms with Gasteiger partial charge in [0.2, 0.25) is 0 Å². The summed E-state index contributed by atoms with van der Waals surface area (Å²) in [7, 11) is 0. The highest BCUT2D eigenvalue weighted by Crippen LogP contribution is 2.66. The Balaban J connectivity index is 1.54. The van der Waals surface area contributed by atoms with E-state index < -0.39 is 17.9 Å². The minimum atomic E-state index is -0.838. The van der Waals surface area contributed by atoms with Crippen molar-refractivity contribution < 1.29 is 23.9 Å². The van der Waals surface area contributed by atoms with Crippen molar-refractivity contribution in [2.24, 2.45) is 46.3 Å². The second-order valence-corrected chi connectivity index (χ2v) is 11.6. The van der Waals surface area contributed by atoms with E-state index in [2.05, 4.69) is 32.9 Å². The van der Waals surface area contributed by atoms with Crippen molar-refractivity contribution >= 4 is 17.7 Å². The van der Waals surface area contributed by atoms with Gasteiger partial charge in [0.05, 0.1) is 13.2 Å². The van der Waals surface area contributed by atoms with E-state index in [1.807, 2.05) is 6.08 Å². The zero-order chi connectivity index (χ0) is 24.7. The van der Waals surface area contributed by atoms with Gasteiger partial charge in [0.25, 0.3) is 0 Å². The monoisotopic (exact) mass is 470 g/mol. The second kappa shape index (κ2) is 9.62. The van der Waals surface area contributed by atoms with Gasteiger partial charge in [0, 0.05) is 6.42 Å². The average Bonchev–Trinajstić information content (AvgIpc) is 3.15. The molecule has 0 aromatic rings. The Hall–Kier alpha value is -1.91. The lowest BCUT2D eigenvalue weighted by molar-refractivity contribution is -0.163. The lowest BCUT2D eigenvalue weighted by Gasteiger charge is -2.56. The van der Waals surface area contributed by atoms with Crippen LogP contribution in [0.4, 0.5) is 0 Å². The zero-order valence-corrected chi connectivity index (χ0v) is 21.6. The summed E-state index contributed by atoms with van der Waals surface area (Å²) in [6, 6.07) is 0. The van der Waals surface area contributed by atoms with E-state index >= 15 is 0 Å². The zero-order valence-electron chi connectivity index (χ0n) is 21.6. The summed E-state index contributed by atoms with van der Waals surface area (Å²) in [5.74, 6) is 0.962. The average molecular weight is 471 g/mol. The normalized spacial score (nSPS) is 37.4. The number of allylic oxidation sites excluding steroid dienone is 4. The Kier molecular flexibility index (Phi) is 7.13.